The zero-order valence-electron chi connectivity index (χ0n) is 6.33. The first-order chi connectivity index (χ1) is 5.07. The molecule has 0 radical (unpaired) electrons. The van der Waals surface area contributed by atoms with Crippen LogP contribution < -0.4 is 0 Å². The number of ether oxygens (including phenoxy) is 1. The lowest BCUT2D eigenvalue weighted by molar-refractivity contribution is -0.132. The lowest BCUT2D eigenvalue weighted by Gasteiger charge is -1.97. The van der Waals surface area contributed by atoms with Crippen molar-refractivity contribution in [1.29, 1.82) is 0 Å². The Morgan fingerprint density at radius 1 is 1.64 bits per heavy atom. The van der Waals surface area contributed by atoms with Gasteiger partial charge in [-0.3, -0.25) is 0 Å². The Morgan fingerprint density at radius 2 is 2.18 bits per heavy atom. The largest absolute Gasteiger partial charge is 0.478 e. The van der Waals surface area contributed by atoms with Crippen LogP contribution >= 0.6 is 0 Å². The fraction of sp³-hybridized carbons (Fsp3) is 0.125. The van der Waals surface area contributed by atoms with E-state index in [9.17, 15) is 4.79 Å². The van der Waals surface area contributed by atoms with E-state index in [0.29, 0.717) is 0 Å². The van der Waals surface area contributed by atoms with Crippen molar-refractivity contribution in [3.8, 4) is 0 Å². The van der Waals surface area contributed by atoms with Gasteiger partial charge in [-0.2, -0.15) is 0 Å². The summed E-state index contributed by atoms with van der Waals surface area (Å²) in [5.41, 5.74) is 0.178. The predicted octanol–water partition coefficient (Wildman–Crippen LogP) is 1.69. The van der Waals surface area contributed by atoms with E-state index in [-0.39, 0.29) is 11.3 Å². The van der Waals surface area contributed by atoms with Crippen molar-refractivity contribution in [3.05, 3.63) is 36.8 Å². The monoisotopic (exact) mass is 154 g/mol. The van der Waals surface area contributed by atoms with Gasteiger partial charge in [0, 0.05) is 5.57 Å². The number of carboxylic acids is 1. The van der Waals surface area contributed by atoms with Crippen molar-refractivity contribution in [2.24, 2.45) is 0 Å². The summed E-state index contributed by atoms with van der Waals surface area (Å²) in [5, 5.41) is 8.41. The molecule has 0 aliphatic heterocycles. The maximum absolute atomic E-state index is 10.2. The fourth-order valence-corrected chi connectivity index (χ4v) is 0.444. The second-order valence-corrected chi connectivity index (χ2v) is 1.88. The third-order valence-electron chi connectivity index (χ3n) is 0.950. The van der Waals surface area contributed by atoms with Crippen LogP contribution in [-0.2, 0) is 9.53 Å². The zero-order chi connectivity index (χ0) is 8.85. The normalized spacial score (nSPS) is 10.5. The van der Waals surface area contributed by atoms with Crippen molar-refractivity contribution in [1.82, 2.24) is 0 Å². The van der Waals surface area contributed by atoms with Gasteiger partial charge >= 0.3 is 5.97 Å². The lowest BCUT2D eigenvalue weighted by Crippen LogP contribution is -1.96. The summed E-state index contributed by atoms with van der Waals surface area (Å²) in [6.07, 6.45) is 2.51. The molecule has 0 aromatic heterocycles. The van der Waals surface area contributed by atoms with E-state index in [1.165, 1.54) is 19.3 Å². The van der Waals surface area contributed by atoms with E-state index < -0.39 is 5.97 Å². The van der Waals surface area contributed by atoms with E-state index in [1.54, 1.807) is 0 Å². The molecule has 0 aromatic carbocycles. The van der Waals surface area contributed by atoms with Crippen LogP contribution in [0.1, 0.15) is 6.92 Å². The molecule has 0 rings (SSSR count). The number of aliphatic carboxylic acids is 1. The summed E-state index contributed by atoms with van der Waals surface area (Å²) in [6.45, 7) is 8.18. The second kappa shape index (κ2) is 4.33. The highest BCUT2D eigenvalue weighted by Crippen LogP contribution is 2.01. The van der Waals surface area contributed by atoms with Gasteiger partial charge in [-0.05, 0) is 13.0 Å². The summed E-state index contributed by atoms with van der Waals surface area (Å²) in [7, 11) is 0. The molecular weight excluding hydrogens is 144 g/mol. The van der Waals surface area contributed by atoms with Crippen LogP contribution in [0, 0.1) is 0 Å². The van der Waals surface area contributed by atoms with Crippen molar-refractivity contribution >= 4 is 5.97 Å². The number of allylic oxidation sites excluding steroid dienone is 1. The number of hydrogen-bond donors (Lipinski definition) is 1. The van der Waals surface area contributed by atoms with Crippen molar-refractivity contribution < 1.29 is 14.6 Å². The average Bonchev–Trinajstić information content (AvgIpc) is 1.87. The molecule has 60 valence electrons. The van der Waals surface area contributed by atoms with Crippen LogP contribution in [0.15, 0.2) is 36.8 Å². The molecule has 0 unspecified atom stereocenters. The van der Waals surface area contributed by atoms with Gasteiger partial charge in [0.2, 0.25) is 0 Å². The summed E-state index contributed by atoms with van der Waals surface area (Å²) >= 11 is 0. The summed E-state index contributed by atoms with van der Waals surface area (Å²) in [6, 6.07) is 0. The first-order valence-electron chi connectivity index (χ1n) is 2.96. The van der Waals surface area contributed by atoms with E-state index in [4.69, 9.17) is 9.84 Å². The van der Waals surface area contributed by atoms with E-state index in [0.717, 1.165) is 0 Å². The van der Waals surface area contributed by atoms with Crippen LogP contribution in [-0.4, -0.2) is 11.1 Å². The van der Waals surface area contributed by atoms with Gasteiger partial charge in [0.1, 0.15) is 5.76 Å². The van der Waals surface area contributed by atoms with Crippen LogP contribution in [0.2, 0.25) is 0 Å². The fourth-order valence-electron chi connectivity index (χ4n) is 0.444. The van der Waals surface area contributed by atoms with Gasteiger partial charge in [0.05, 0.1) is 6.26 Å². The van der Waals surface area contributed by atoms with Gasteiger partial charge in [0.15, 0.2) is 0 Å². The predicted molar refractivity (Wildman–Crippen MR) is 41.8 cm³/mol. The van der Waals surface area contributed by atoms with Gasteiger partial charge in [-0.1, -0.05) is 13.2 Å². The standard InChI is InChI=1S/C8H10O3/c1-4-11-7(3)5-6(2)8(9)10/h4-5H,1,3H2,2H3,(H,9,10). The minimum Gasteiger partial charge on any atom is -0.478 e. The lowest BCUT2D eigenvalue weighted by atomic mass is 10.3. The highest BCUT2D eigenvalue weighted by atomic mass is 16.5. The van der Waals surface area contributed by atoms with Crippen molar-refractivity contribution in [2.75, 3.05) is 0 Å². The van der Waals surface area contributed by atoms with Crippen LogP contribution in [0.3, 0.4) is 0 Å². The van der Waals surface area contributed by atoms with E-state index >= 15 is 0 Å². The van der Waals surface area contributed by atoms with Crippen LogP contribution in [0.4, 0.5) is 0 Å². The molecule has 1 N–H and O–H groups in total. The Kier molecular flexibility index (Phi) is 3.73. The van der Waals surface area contributed by atoms with Crippen LogP contribution in [0.25, 0.3) is 0 Å². The molecule has 0 aliphatic rings. The van der Waals surface area contributed by atoms with Crippen molar-refractivity contribution in [3.63, 3.8) is 0 Å². The van der Waals surface area contributed by atoms with Gasteiger partial charge in [0.25, 0.3) is 0 Å². The van der Waals surface area contributed by atoms with E-state index in [2.05, 4.69) is 13.2 Å². The molecule has 0 heterocycles. The quantitative estimate of drug-likeness (QED) is 0.380. The minimum atomic E-state index is -0.987. The molecule has 3 heteroatoms. The summed E-state index contributed by atoms with van der Waals surface area (Å²) in [5.74, 6) is -0.723. The SMILES string of the molecule is C=COC(=C)C=C(C)C(=O)O. The Labute approximate surface area is 65.3 Å². The molecule has 0 fully saturated rings. The maximum Gasteiger partial charge on any atom is 0.331 e. The van der Waals surface area contributed by atoms with Gasteiger partial charge in [-0.15, -0.1) is 0 Å². The van der Waals surface area contributed by atoms with Crippen LogP contribution in [0.5, 0.6) is 0 Å². The molecule has 0 aliphatic carbocycles. The zero-order valence-corrected chi connectivity index (χ0v) is 6.33. The number of rotatable bonds is 4. The molecule has 0 saturated carbocycles. The Balaban J connectivity index is 4.18. The average molecular weight is 154 g/mol. The molecule has 3 nitrogen and oxygen atoms in total. The summed E-state index contributed by atoms with van der Waals surface area (Å²) in [4.78, 5) is 10.2. The minimum absolute atomic E-state index is 0.178. The van der Waals surface area contributed by atoms with E-state index in [1.807, 2.05) is 0 Å². The highest BCUT2D eigenvalue weighted by Gasteiger charge is 1.99. The Bertz CT molecular complexity index is 213. The topological polar surface area (TPSA) is 46.5 Å². The molecule has 11 heavy (non-hydrogen) atoms. The maximum atomic E-state index is 10.2. The summed E-state index contributed by atoms with van der Waals surface area (Å²) < 4.78 is 4.69. The molecule has 0 spiro atoms. The number of carbonyl (C=O) groups is 1. The highest BCUT2D eigenvalue weighted by molar-refractivity contribution is 5.86. The molecule has 0 bridgehead atoms. The van der Waals surface area contributed by atoms with Gasteiger partial charge < -0.3 is 9.84 Å². The number of hydrogen-bond acceptors (Lipinski definition) is 2. The van der Waals surface area contributed by atoms with Crippen molar-refractivity contribution in [2.45, 2.75) is 6.92 Å². The Morgan fingerprint density at radius 3 is 2.55 bits per heavy atom. The molecule has 0 atom stereocenters. The number of carboxylic acid groups (broad SMARTS) is 1. The van der Waals surface area contributed by atoms with Gasteiger partial charge in [-0.25, -0.2) is 4.79 Å². The third-order valence-corrected chi connectivity index (χ3v) is 0.950. The second-order valence-electron chi connectivity index (χ2n) is 1.88. The third kappa shape index (κ3) is 3.97. The smallest absolute Gasteiger partial charge is 0.331 e. The molecule has 0 aromatic rings. The first kappa shape index (κ1) is 9.49. The molecular formula is C8H10O3. The molecule has 0 amide bonds. The Hall–Kier alpha value is -1.51. The molecule has 0 saturated heterocycles. The first-order valence-corrected chi connectivity index (χ1v) is 2.96.